The molecule has 1 aliphatic heterocycles. The lowest BCUT2D eigenvalue weighted by Gasteiger charge is -2.13. The quantitative estimate of drug-likeness (QED) is 0.523. The van der Waals surface area contributed by atoms with Crippen molar-refractivity contribution in [2.45, 2.75) is 6.61 Å². The van der Waals surface area contributed by atoms with Gasteiger partial charge in [0.05, 0.1) is 10.0 Å². The highest BCUT2D eigenvalue weighted by molar-refractivity contribution is 7.80. The van der Waals surface area contributed by atoms with Gasteiger partial charge in [0.1, 0.15) is 18.1 Å². The molecule has 4 nitrogen and oxygen atoms in total. The number of amides is 1. The fraction of sp³-hybridized carbons (Fsp3) is 0.158. The number of nitrogens with zero attached hydrogens (tertiary/aromatic N) is 2. The Morgan fingerprint density at radius 3 is 2.22 bits per heavy atom. The zero-order valence-electron chi connectivity index (χ0n) is 14.5. The first kappa shape index (κ1) is 19.6. The van der Waals surface area contributed by atoms with Crippen LogP contribution in [0.5, 0.6) is 5.75 Å². The summed E-state index contributed by atoms with van der Waals surface area (Å²) < 4.78 is 18.6. The molecule has 27 heavy (non-hydrogen) atoms. The van der Waals surface area contributed by atoms with Crippen molar-refractivity contribution in [2.24, 2.45) is 0 Å². The predicted octanol–water partition coefficient (Wildman–Crippen LogP) is 4.74. The van der Waals surface area contributed by atoms with Gasteiger partial charge >= 0.3 is 0 Å². The maximum absolute atomic E-state index is 13.0. The van der Waals surface area contributed by atoms with Crippen molar-refractivity contribution in [3.05, 3.63) is 69.1 Å². The van der Waals surface area contributed by atoms with E-state index in [-0.39, 0.29) is 18.3 Å². The van der Waals surface area contributed by atoms with Crippen LogP contribution in [0.2, 0.25) is 10.0 Å². The second kappa shape index (κ2) is 7.84. The third-order valence-electron chi connectivity index (χ3n) is 4.08. The molecule has 3 rings (SSSR count). The van der Waals surface area contributed by atoms with Crippen molar-refractivity contribution in [1.82, 2.24) is 9.80 Å². The summed E-state index contributed by atoms with van der Waals surface area (Å²) in [6.45, 7) is 0.195. The number of carbonyl (C=O) groups excluding carboxylic acids is 1. The molecule has 0 spiro atoms. The summed E-state index contributed by atoms with van der Waals surface area (Å²) in [5, 5.41) is 1.03. The average molecular weight is 425 g/mol. The highest BCUT2D eigenvalue weighted by atomic mass is 35.5. The lowest BCUT2D eigenvalue weighted by atomic mass is 10.1. The van der Waals surface area contributed by atoms with Gasteiger partial charge in [0.25, 0.3) is 5.91 Å². The number of rotatable bonds is 4. The second-order valence-corrected chi connectivity index (χ2v) is 7.14. The van der Waals surface area contributed by atoms with Gasteiger partial charge < -0.3 is 9.64 Å². The number of thiocarbonyl (C=S) groups is 1. The molecule has 1 aliphatic rings. The van der Waals surface area contributed by atoms with Gasteiger partial charge in [0.2, 0.25) is 0 Å². The van der Waals surface area contributed by atoms with Crippen LogP contribution in [-0.4, -0.2) is 34.9 Å². The molecule has 1 heterocycles. The zero-order chi connectivity index (χ0) is 19.7. The number of hydrogen-bond acceptors (Lipinski definition) is 3. The van der Waals surface area contributed by atoms with Gasteiger partial charge in [0, 0.05) is 14.1 Å². The van der Waals surface area contributed by atoms with Crippen molar-refractivity contribution in [3.63, 3.8) is 0 Å². The van der Waals surface area contributed by atoms with Crippen LogP contribution >= 0.6 is 35.4 Å². The molecular weight excluding hydrogens is 410 g/mol. The standard InChI is InChI=1S/C19H15Cl2FN2O2S/c1-23-16(18(25)24(2)19(23)27)9-12-7-14(20)17(15(21)8-12)26-10-11-3-5-13(22)6-4-11/h3-9H,10H2,1-2H3/b16-9-. The normalized spacial score (nSPS) is 15.8. The number of ether oxygens (including phenoxy) is 1. The molecule has 1 fully saturated rings. The van der Waals surface area contributed by atoms with Crippen LogP contribution in [0.1, 0.15) is 11.1 Å². The van der Waals surface area contributed by atoms with E-state index in [4.69, 9.17) is 40.2 Å². The number of carbonyl (C=O) groups is 1. The Morgan fingerprint density at radius 1 is 1.11 bits per heavy atom. The highest BCUT2D eigenvalue weighted by Crippen LogP contribution is 2.36. The van der Waals surface area contributed by atoms with E-state index in [0.717, 1.165) is 5.56 Å². The number of likely N-dealkylation sites (N-methyl/N-ethyl adjacent to an activating group) is 2. The van der Waals surface area contributed by atoms with E-state index < -0.39 is 0 Å². The SMILES string of the molecule is CN1C(=O)/C(=C/c2cc(Cl)c(OCc3ccc(F)cc3)c(Cl)c2)N(C)C1=S. The van der Waals surface area contributed by atoms with Crippen molar-refractivity contribution in [2.75, 3.05) is 14.1 Å². The van der Waals surface area contributed by atoms with E-state index in [1.54, 1.807) is 49.3 Å². The third kappa shape index (κ3) is 4.08. The molecule has 0 N–H and O–H groups in total. The van der Waals surface area contributed by atoms with Gasteiger partial charge in [-0.15, -0.1) is 0 Å². The Balaban J connectivity index is 1.83. The number of hydrogen-bond donors (Lipinski definition) is 0. The van der Waals surface area contributed by atoms with Gasteiger partial charge in [0.15, 0.2) is 10.9 Å². The molecule has 2 aromatic rings. The molecule has 0 atom stereocenters. The minimum Gasteiger partial charge on any atom is -0.486 e. The van der Waals surface area contributed by atoms with Gasteiger partial charge in [-0.2, -0.15) is 0 Å². The summed E-state index contributed by atoms with van der Waals surface area (Å²) in [6.07, 6.45) is 1.67. The van der Waals surface area contributed by atoms with Crippen LogP contribution in [0.4, 0.5) is 4.39 Å². The lowest BCUT2D eigenvalue weighted by molar-refractivity contribution is -0.121. The lowest BCUT2D eigenvalue weighted by Crippen LogP contribution is -2.26. The Labute approximate surface area is 171 Å². The smallest absolute Gasteiger partial charge is 0.276 e. The molecule has 1 amide bonds. The van der Waals surface area contributed by atoms with E-state index in [1.165, 1.54) is 17.0 Å². The van der Waals surface area contributed by atoms with Gasteiger partial charge in [-0.1, -0.05) is 35.3 Å². The topological polar surface area (TPSA) is 32.8 Å². The van der Waals surface area contributed by atoms with Crippen molar-refractivity contribution in [1.29, 1.82) is 0 Å². The van der Waals surface area contributed by atoms with E-state index in [2.05, 4.69) is 0 Å². The van der Waals surface area contributed by atoms with E-state index in [0.29, 0.717) is 32.2 Å². The maximum atomic E-state index is 13.0. The van der Waals surface area contributed by atoms with Gasteiger partial charge in [-0.25, -0.2) is 4.39 Å². The zero-order valence-corrected chi connectivity index (χ0v) is 16.8. The van der Waals surface area contributed by atoms with Crippen molar-refractivity contribution < 1.29 is 13.9 Å². The van der Waals surface area contributed by atoms with Gasteiger partial charge in [-0.05, 0) is 53.7 Å². The molecule has 0 saturated carbocycles. The van der Waals surface area contributed by atoms with E-state index in [1.807, 2.05) is 0 Å². The van der Waals surface area contributed by atoms with Crippen LogP contribution in [0, 0.1) is 5.82 Å². The first-order valence-electron chi connectivity index (χ1n) is 7.91. The predicted molar refractivity (Wildman–Crippen MR) is 108 cm³/mol. The summed E-state index contributed by atoms with van der Waals surface area (Å²) in [7, 11) is 3.34. The monoisotopic (exact) mass is 424 g/mol. The Kier molecular flexibility index (Phi) is 5.69. The second-order valence-electron chi connectivity index (χ2n) is 5.96. The number of halogens is 3. The molecular formula is C19H15Cl2FN2O2S. The summed E-state index contributed by atoms with van der Waals surface area (Å²) in [5.41, 5.74) is 1.85. The minimum atomic E-state index is -0.316. The van der Waals surface area contributed by atoms with E-state index >= 15 is 0 Å². The molecule has 1 saturated heterocycles. The molecule has 140 valence electrons. The molecule has 0 radical (unpaired) electrons. The Hall–Kier alpha value is -2.15. The summed E-state index contributed by atoms with van der Waals surface area (Å²) >= 11 is 17.8. The Bertz CT molecular complexity index is 924. The fourth-order valence-corrected chi connectivity index (χ4v) is 3.38. The van der Waals surface area contributed by atoms with Crippen LogP contribution in [-0.2, 0) is 11.4 Å². The molecule has 0 bridgehead atoms. The maximum Gasteiger partial charge on any atom is 0.276 e. The largest absolute Gasteiger partial charge is 0.486 e. The fourth-order valence-electron chi connectivity index (χ4n) is 2.58. The van der Waals surface area contributed by atoms with Crippen molar-refractivity contribution in [3.8, 4) is 5.75 Å². The highest BCUT2D eigenvalue weighted by Gasteiger charge is 2.32. The van der Waals surface area contributed by atoms with Crippen LogP contribution < -0.4 is 4.74 Å². The van der Waals surface area contributed by atoms with Crippen LogP contribution in [0.25, 0.3) is 6.08 Å². The molecule has 8 heteroatoms. The minimum absolute atomic E-state index is 0.195. The van der Waals surface area contributed by atoms with Crippen LogP contribution in [0.15, 0.2) is 42.1 Å². The van der Waals surface area contributed by atoms with Gasteiger partial charge in [-0.3, -0.25) is 9.69 Å². The first-order chi connectivity index (χ1) is 12.8. The summed E-state index contributed by atoms with van der Waals surface area (Å²) in [5.74, 6) is -0.196. The Morgan fingerprint density at radius 2 is 1.70 bits per heavy atom. The molecule has 0 aliphatic carbocycles. The van der Waals surface area contributed by atoms with E-state index in [9.17, 15) is 9.18 Å². The average Bonchev–Trinajstić information content (AvgIpc) is 2.80. The number of benzene rings is 2. The first-order valence-corrected chi connectivity index (χ1v) is 9.08. The molecule has 0 unspecified atom stereocenters. The summed E-state index contributed by atoms with van der Waals surface area (Å²) in [6, 6.07) is 9.26. The van der Waals surface area contributed by atoms with Crippen LogP contribution in [0.3, 0.4) is 0 Å². The van der Waals surface area contributed by atoms with Crippen molar-refractivity contribution >= 4 is 52.5 Å². The third-order valence-corrected chi connectivity index (χ3v) is 5.19. The molecule has 0 aromatic heterocycles. The summed E-state index contributed by atoms with van der Waals surface area (Å²) in [4.78, 5) is 15.3. The molecule has 2 aromatic carbocycles.